The molecule has 11 nitrogen and oxygen atoms in total. The van der Waals surface area contributed by atoms with Crippen molar-refractivity contribution in [1.29, 1.82) is 0 Å². The standard InChI is InChI=1S/C23H37N3O8S2/c1-5-18(15-27)34-22(32-4)16-33-21(29)9-6-8-19(28)24-13-7-12-23(2,3)36-35-20-11-10-17(14-25-20)26(30)31/h10-11,14,18,22,27H,5-9,12-13,15-16H2,1-4H3,(H,24,28). The molecule has 0 saturated heterocycles. The van der Waals surface area contributed by atoms with Crippen LogP contribution < -0.4 is 5.32 Å². The van der Waals surface area contributed by atoms with Gasteiger partial charge in [0.1, 0.15) is 17.8 Å². The molecule has 2 N–H and O–H groups in total. The van der Waals surface area contributed by atoms with Crippen molar-refractivity contribution in [3.8, 4) is 0 Å². The zero-order valence-electron chi connectivity index (χ0n) is 21.3. The van der Waals surface area contributed by atoms with E-state index in [4.69, 9.17) is 14.2 Å². The molecular formula is C23H37N3O8S2. The smallest absolute Gasteiger partial charge is 0.305 e. The minimum atomic E-state index is -0.749. The van der Waals surface area contributed by atoms with Gasteiger partial charge in [0.05, 0.1) is 17.6 Å². The van der Waals surface area contributed by atoms with E-state index >= 15 is 0 Å². The summed E-state index contributed by atoms with van der Waals surface area (Å²) in [5, 5.41) is 23.4. The number of carbonyl (C=O) groups is 2. The van der Waals surface area contributed by atoms with Gasteiger partial charge in [-0.25, -0.2) is 4.98 Å². The third-order valence-corrected chi connectivity index (χ3v) is 8.26. The Hall–Kier alpha value is -1.93. The van der Waals surface area contributed by atoms with Gasteiger partial charge >= 0.3 is 5.97 Å². The summed E-state index contributed by atoms with van der Waals surface area (Å²) in [4.78, 5) is 38.3. The SMILES string of the molecule is CCC(CO)OC(COC(=O)CCCC(=O)NCCCC(C)(C)SSc1ccc([N+](=O)[O-])cn1)OC. The summed E-state index contributed by atoms with van der Waals surface area (Å²) < 4.78 is 15.6. The van der Waals surface area contributed by atoms with Crippen LogP contribution in [0, 0.1) is 10.1 Å². The van der Waals surface area contributed by atoms with Crippen molar-refractivity contribution in [2.24, 2.45) is 0 Å². The Morgan fingerprint density at radius 3 is 2.61 bits per heavy atom. The van der Waals surface area contributed by atoms with Crippen LogP contribution in [-0.4, -0.2) is 70.9 Å². The van der Waals surface area contributed by atoms with Gasteiger partial charge in [-0.3, -0.25) is 19.7 Å². The molecule has 13 heteroatoms. The van der Waals surface area contributed by atoms with E-state index in [-0.39, 0.29) is 48.5 Å². The third kappa shape index (κ3) is 14.0. The number of hydrogen-bond acceptors (Lipinski definition) is 11. The molecule has 1 aromatic heterocycles. The van der Waals surface area contributed by atoms with E-state index in [9.17, 15) is 24.8 Å². The molecule has 0 saturated carbocycles. The van der Waals surface area contributed by atoms with Gasteiger partial charge in [-0.1, -0.05) is 17.7 Å². The van der Waals surface area contributed by atoms with Crippen LogP contribution in [0.4, 0.5) is 5.69 Å². The Morgan fingerprint density at radius 1 is 1.28 bits per heavy atom. The number of amides is 1. The fourth-order valence-electron chi connectivity index (χ4n) is 2.83. The van der Waals surface area contributed by atoms with Crippen molar-refractivity contribution in [2.45, 2.75) is 81.5 Å². The lowest BCUT2D eigenvalue weighted by molar-refractivity contribution is -0.385. The van der Waals surface area contributed by atoms with Gasteiger partial charge in [-0.15, -0.1) is 0 Å². The molecule has 1 aromatic rings. The Morgan fingerprint density at radius 2 is 2.03 bits per heavy atom. The number of ether oxygens (including phenoxy) is 3. The summed E-state index contributed by atoms with van der Waals surface area (Å²) in [7, 11) is 4.52. The van der Waals surface area contributed by atoms with Crippen LogP contribution in [0.15, 0.2) is 23.4 Å². The normalized spacial score (nSPS) is 13.1. The van der Waals surface area contributed by atoms with Gasteiger partial charge < -0.3 is 24.6 Å². The van der Waals surface area contributed by atoms with Gasteiger partial charge in [0.25, 0.3) is 5.69 Å². The van der Waals surface area contributed by atoms with Crippen LogP contribution in [0.2, 0.25) is 0 Å². The van der Waals surface area contributed by atoms with Crippen LogP contribution in [0.1, 0.15) is 59.3 Å². The molecule has 0 aliphatic heterocycles. The molecule has 0 fully saturated rings. The predicted molar refractivity (Wildman–Crippen MR) is 139 cm³/mol. The number of pyridine rings is 1. The first-order valence-corrected chi connectivity index (χ1v) is 13.9. The van der Waals surface area contributed by atoms with Crippen LogP contribution in [0.3, 0.4) is 0 Å². The highest BCUT2D eigenvalue weighted by molar-refractivity contribution is 8.77. The maximum atomic E-state index is 12.0. The molecule has 36 heavy (non-hydrogen) atoms. The first-order chi connectivity index (χ1) is 17.1. The molecule has 1 amide bonds. The average Bonchev–Trinajstić information content (AvgIpc) is 2.86. The molecule has 0 spiro atoms. The molecule has 0 aliphatic carbocycles. The van der Waals surface area contributed by atoms with E-state index in [2.05, 4.69) is 24.1 Å². The minimum absolute atomic E-state index is 0.0371. The molecule has 0 aliphatic rings. The number of methoxy groups -OCH3 is 1. The topological polar surface area (TPSA) is 150 Å². The van der Waals surface area contributed by atoms with Gasteiger partial charge in [-0.2, -0.15) is 0 Å². The van der Waals surface area contributed by atoms with Crippen molar-refractivity contribution in [1.82, 2.24) is 10.3 Å². The number of nitro groups is 1. The highest BCUT2D eigenvalue weighted by Gasteiger charge is 2.20. The first-order valence-electron chi connectivity index (χ1n) is 11.8. The summed E-state index contributed by atoms with van der Waals surface area (Å²) in [5.74, 6) is -0.561. The van der Waals surface area contributed by atoms with Crippen LogP contribution >= 0.6 is 21.6 Å². The quantitative estimate of drug-likeness (QED) is 0.0648. The zero-order valence-corrected chi connectivity index (χ0v) is 22.9. The van der Waals surface area contributed by atoms with E-state index in [0.29, 0.717) is 24.4 Å². The largest absolute Gasteiger partial charge is 0.460 e. The molecule has 2 atom stereocenters. The fraction of sp³-hybridized carbons (Fsp3) is 0.696. The lowest BCUT2D eigenvalue weighted by atomic mass is 10.1. The van der Waals surface area contributed by atoms with Gasteiger partial charge in [-0.05, 0) is 56.4 Å². The summed E-state index contributed by atoms with van der Waals surface area (Å²) in [5.41, 5.74) is -0.0371. The highest BCUT2D eigenvalue weighted by atomic mass is 33.1. The minimum Gasteiger partial charge on any atom is -0.460 e. The monoisotopic (exact) mass is 547 g/mol. The Kier molecular flexibility index (Phi) is 15.6. The van der Waals surface area contributed by atoms with Crippen LogP contribution in [0.25, 0.3) is 0 Å². The number of rotatable bonds is 19. The molecule has 1 heterocycles. The third-order valence-electron chi connectivity index (χ3n) is 4.99. The molecule has 204 valence electrons. The molecule has 2 unspecified atom stereocenters. The van der Waals surface area contributed by atoms with Crippen LogP contribution in [0.5, 0.6) is 0 Å². The number of esters is 1. The number of carbonyl (C=O) groups excluding carboxylic acids is 2. The number of nitrogens with one attached hydrogen (secondary N) is 1. The van der Waals surface area contributed by atoms with Crippen molar-refractivity contribution in [2.75, 3.05) is 26.9 Å². The lowest BCUT2D eigenvalue weighted by Gasteiger charge is -2.22. The van der Waals surface area contributed by atoms with E-state index in [1.165, 1.54) is 30.2 Å². The summed E-state index contributed by atoms with van der Waals surface area (Å²) in [6.45, 7) is 6.36. The number of aromatic nitrogens is 1. The number of aliphatic hydroxyl groups is 1. The predicted octanol–water partition coefficient (Wildman–Crippen LogP) is 3.88. The van der Waals surface area contributed by atoms with Crippen molar-refractivity contribution < 1.29 is 33.8 Å². The van der Waals surface area contributed by atoms with Gasteiger partial charge in [0.2, 0.25) is 5.91 Å². The highest BCUT2D eigenvalue weighted by Crippen LogP contribution is 2.42. The van der Waals surface area contributed by atoms with Crippen LogP contribution in [-0.2, 0) is 23.8 Å². The van der Waals surface area contributed by atoms with E-state index in [0.717, 1.165) is 12.8 Å². The molecular weight excluding hydrogens is 510 g/mol. The number of hydrogen-bond donors (Lipinski definition) is 2. The summed E-state index contributed by atoms with van der Waals surface area (Å²) in [6.07, 6.45) is 3.06. The Bertz CT molecular complexity index is 807. The van der Waals surface area contributed by atoms with Gasteiger partial charge in [0.15, 0.2) is 6.29 Å². The fourth-order valence-corrected chi connectivity index (χ4v) is 5.07. The second kappa shape index (κ2) is 17.5. The summed E-state index contributed by atoms with van der Waals surface area (Å²) >= 11 is 0. The molecule has 0 aromatic carbocycles. The maximum absolute atomic E-state index is 12.0. The zero-order chi connectivity index (χ0) is 27.0. The number of aliphatic hydroxyl groups excluding tert-OH is 1. The molecule has 0 radical (unpaired) electrons. The van der Waals surface area contributed by atoms with Crippen molar-refractivity contribution >= 4 is 39.2 Å². The van der Waals surface area contributed by atoms with E-state index in [1.54, 1.807) is 16.9 Å². The average molecular weight is 548 g/mol. The second-order valence-corrected chi connectivity index (χ2v) is 11.4. The van der Waals surface area contributed by atoms with Crippen molar-refractivity contribution in [3.05, 3.63) is 28.4 Å². The Balaban J connectivity index is 2.17. The maximum Gasteiger partial charge on any atom is 0.305 e. The Labute approximate surface area is 220 Å². The lowest BCUT2D eigenvalue weighted by Crippen LogP contribution is -2.30. The number of nitrogens with zero attached hydrogens (tertiary/aromatic N) is 2. The van der Waals surface area contributed by atoms with Gasteiger partial charge in [0, 0.05) is 37.3 Å². The summed E-state index contributed by atoms with van der Waals surface area (Å²) in [6, 6.07) is 3.06. The molecule has 0 bridgehead atoms. The second-order valence-electron chi connectivity index (χ2n) is 8.54. The van der Waals surface area contributed by atoms with Crippen molar-refractivity contribution in [3.63, 3.8) is 0 Å². The van der Waals surface area contributed by atoms with E-state index in [1.807, 2.05) is 6.92 Å². The van der Waals surface area contributed by atoms with E-state index < -0.39 is 17.2 Å². The first kappa shape index (κ1) is 32.1. The molecule has 1 rings (SSSR count).